The molecule has 0 radical (unpaired) electrons. The van der Waals surface area contributed by atoms with E-state index < -0.39 is 0 Å². The minimum atomic E-state index is 0.484. The van der Waals surface area contributed by atoms with E-state index in [1.165, 1.54) is 16.7 Å². The van der Waals surface area contributed by atoms with Crippen LogP contribution < -0.4 is 10.5 Å². The molecule has 2 aliphatic heterocycles. The van der Waals surface area contributed by atoms with Gasteiger partial charge in [-0.25, -0.2) is 0 Å². The van der Waals surface area contributed by atoms with Crippen molar-refractivity contribution in [2.75, 3.05) is 18.9 Å². The lowest BCUT2D eigenvalue weighted by Crippen LogP contribution is -2.24. The van der Waals surface area contributed by atoms with Crippen LogP contribution in [-0.4, -0.2) is 18.1 Å². The summed E-state index contributed by atoms with van der Waals surface area (Å²) < 4.78 is 5.77. The van der Waals surface area contributed by atoms with Gasteiger partial charge in [0.1, 0.15) is 5.75 Å². The quantitative estimate of drug-likeness (QED) is 0.849. The Kier molecular flexibility index (Phi) is 2.67. The van der Waals surface area contributed by atoms with Gasteiger partial charge in [-0.15, -0.1) is 0 Å². The van der Waals surface area contributed by atoms with Gasteiger partial charge < -0.3 is 10.5 Å². The summed E-state index contributed by atoms with van der Waals surface area (Å²) in [5.74, 6) is 1.54. The van der Waals surface area contributed by atoms with E-state index in [1.807, 2.05) is 12.1 Å². The van der Waals surface area contributed by atoms with Gasteiger partial charge in [0.2, 0.25) is 0 Å². The first-order valence-electron chi connectivity index (χ1n) is 7.11. The summed E-state index contributed by atoms with van der Waals surface area (Å²) in [5, 5.41) is 0. The number of nitrogen functional groups attached to an aromatic ring is 1. The Morgan fingerprint density at radius 2 is 1.95 bits per heavy atom. The van der Waals surface area contributed by atoms with Crippen molar-refractivity contribution in [1.82, 2.24) is 4.90 Å². The van der Waals surface area contributed by atoms with E-state index in [1.54, 1.807) is 0 Å². The minimum absolute atomic E-state index is 0.484. The van der Waals surface area contributed by atoms with Gasteiger partial charge in [0.05, 0.1) is 6.61 Å². The maximum absolute atomic E-state index is 5.86. The van der Waals surface area contributed by atoms with Crippen molar-refractivity contribution >= 4 is 5.69 Å². The lowest BCUT2D eigenvalue weighted by Gasteiger charge is -2.19. The highest BCUT2D eigenvalue weighted by atomic mass is 16.5. The second-order valence-electron chi connectivity index (χ2n) is 5.74. The number of hydrogen-bond donors (Lipinski definition) is 1. The first-order valence-corrected chi connectivity index (χ1v) is 7.11. The molecular formula is C17H18N2O. The zero-order valence-electron chi connectivity index (χ0n) is 11.4. The van der Waals surface area contributed by atoms with Crippen LogP contribution in [0.3, 0.4) is 0 Å². The van der Waals surface area contributed by atoms with Gasteiger partial charge in [0, 0.05) is 36.8 Å². The lowest BCUT2D eigenvalue weighted by atomic mass is 10.0. The maximum Gasteiger partial charge on any atom is 0.122 e. The minimum Gasteiger partial charge on any atom is -0.493 e. The number of para-hydroxylation sites is 1. The van der Waals surface area contributed by atoms with Crippen molar-refractivity contribution in [3.8, 4) is 5.75 Å². The molecule has 0 fully saturated rings. The first kappa shape index (κ1) is 11.8. The third-order valence-electron chi connectivity index (χ3n) is 4.30. The Morgan fingerprint density at radius 3 is 2.90 bits per heavy atom. The molecule has 3 nitrogen and oxygen atoms in total. The molecule has 2 N–H and O–H groups in total. The second-order valence-corrected chi connectivity index (χ2v) is 5.74. The highest BCUT2D eigenvalue weighted by Gasteiger charge is 2.28. The van der Waals surface area contributed by atoms with Gasteiger partial charge in [-0.3, -0.25) is 4.90 Å². The summed E-state index contributed by atoms with van der Waals surface area (Å²) in [6.07, 6.45) is 0. The van der Waals surface area contributed by atoms with Crippen molar-refractivity contribution in [2.45, 2.75) is 19.0 Å². The van der Waals surface area contributed by atoms with E-state index in [9.17, 15) is 0 Å². The zero-order valence-corrected chi connectivity index (χ0v) is 11.4. The summed E-state index contributed by atoms with van der Waals surface area (Å²) in [4.78, 5) is 2.49. The molecule has 4 rings (SSSR count). The molecule has 0 amide bonds. The molecular weight excluding hydrogens is 248 g/mol. The predicted octanol–water partition coefficient (Wildman–Crippen LogP) is 2.76. The number of nitrogens with zero attached hydrogens (tertiary/aromatic N) is 1. The van der Waals surface area contributed by atoms with Crippen molar-refractivity contribution in [3.05, 3.63) is 59.2 Å². The summed E-state index contributed by atoms with van der Waals surface area (Å²) in [6, 6.07) is 14.6. The molecule has 1 unspecified atom stereocenters. The van der Waals surface area contributed by atoms with Crippen LogP contribution in [0.4, 0.5) is 5.69 Å². The van der Waals surface area contributed by atoms with Crippen LogP contribution in [0.2, 0.25) is 0 Å². The third-order valence-corrected chi connectivity index (χ3v) is 4.30. The molecule has 2 heterocycles. The van der Waals surface area contributed by atoms with E-state index in [-0.39, 0.29) is 0 Å². The van der Waals surface area contributed by atoms with E-state index in [4.69, 9.17) is 10.5 Å². The van der Waals surface area contributed by atoms with Crippen LogP contribution in [0.25, 0.3) is 0 Å². The fraction of sp³-hybridized carbons (Fsp3) is 0.294. The average Bonchev–Trinajstić information content (AvgIpc) is 3.03. The molecule has 0 saturated heterocycles. The van der Waals surface area contributed by atoms with Crippen molar-refractivity contribution in [3.63, 3.8) is 0 Å². The molecule has 20 heavy (non-hydrogen) atoms. The molecule has 102 valence electrons. The van der Waals surface area contributed by atoms with Gasteiger partial charge >= 0.3 is 0 Å². The van der Waals surface area contributed by atoms with E-state index >= 15 is 0 Å². The average molecular weight is 266 g/mol. The fourth-order valence-electron chi connectivity index (χ4n) is 3.31. The SMILES string of the molecule is Nc1ccc2c(c1)CN(CC1COc3ccccc31)C2. The molecule has 0 spiro atoms. The summed E-state index contributed by atoms with van der Waals surface area (Å²) in [7, 11) is 0. The number of rotatable bonds is 2. The van der Waals surface area contributed by atoms with E-state index in [0.29, 0.717) is 5.92 Å². The zero-order chi connectivity index (χ0) is 13.5. The molecule has 2 aromatic carbocycles. The fourth-order valence-corrected chi connectivity index (χ4v) is 3.31. The third kappa shape index (κ3) is 1.95. The number of ether oxygens (including phenoxy) is 1. The molecule has 1 atom stereocenters. The van der Waals surface area contributed by atoms with Gasteiger partial charge in [-0.2, -0.15) is 0 Å². The number of fused-ring (bicyclic) bond motifs is 2. The summed E-state index contributed by atoms with van der Waals surface area (Å²) in [5.41, 5.74) is 10.9. The number of anilines is 1. The van der Waals surface area contributed by atoms with E-state index in [2.05, 4.69) is 35.2 Å². The Bertz CT molecular complexity index is 653. The Hall–Kier alpha value is -2.00. The Balaban J connectivity index is 1.50. The number of benzene rings is 2. The van der Waals surface area contributed by atoms with Crippen LogP contribution in [-0.2, 0) is 13.1 Å². The molecule has 3 heteroatoms. The predicted molar refractivity (Wildman–Crippen MR) is 79.6 cm³/mol. The maximum atomic E-state index is 5.86. The van der Waals surface area contributed by atoms with Crippen molar-refractivity contribution in [1.29, 1.82) is 0 Å². The van der Waals surface area contributed by atoms with Crippen LogP contribution in [0.1, 0.15) is 22.6 Å². The smallest absolute Gasteiger partial charge is 0.122 e. The molecule has 0 bridgehead atoms. The molecule has 0 saturated carbocycles. The Labute approximate surface area is 119 Å². The number of nitrogens with two attached hydrogens (primary N) is 1. The van der Waals surface area contributed by atoms with Crippen molar-refractivity contribution in [2.24, 2.45) is 0 Å². The Morgan fingerprint density at radius 1 is 1.10 bits per heavy atom. The van der Waals surface area contributed by atoms with Crippen molar-refractivity contribution < 1.29 is 4.74 Å². The van der Waals surface area contributed by atoms with Gasteiger partial charge in [-0.1, -0.05) is 24.3 Å². The van der Waals surface area contributed by atoms with E-state index in [0.717, 1.165) is 37.7 Å². The topological polar surface area (TPSA) is 38.5 Å². The number of hydrogen-bond acceptors (Lipinski definition) is 3. The highest BCUT2D eigenvalue weighted by Crippen LogP contribution is 2.35. The molecule has 2 aliphatic rings. The monoisotopic (exact) mass is 266 g/mol. The van der Waals surface area contributed by atoms with Crippen LogP contribution in [0.5, 0.6) is 5.75 Å². The highest BCUT2D eigenvalue weighted by molar-refractivity contribution is 5.46. The normalized spacial score (nSPS) is 20.5. The van der Waals surface area contributed by atoms with Gasteiger partial charge in [0.15, 0.2) is 0 Å². The molecule has 0 aromatic heterocycles. The first-order chi connectivity index (χ1) is 9.79. The van der Waals surface area contributed by atoms with Gasteiger partial charge in [0.25, 0.3) is 0 Å². The van der Waals surface area contributed by atoms with Gasteiger partial charge in [-0.05, 0) is 29.3 Å². The second kappa shape index (κ2) is 4.53. The van der Waals surface area contributed by atoms with Crippen LogP contribution >= 0.6 is 0 Å². The molecule has 2 aromatic rings. The lowest BCUT2D eigenvalue weighted by molar-refractivity contribution is 0.237. The summed E-state index contributed by atoms with van der Waals surface area (Å²) in [6.45, 7) is 3.87. The molecule has 0 aliphatic carbocycles. The van der Waals surface area contributed by atoms with Crippen LogP contribution in [0.15, 0.2) is 42.5 Å². The largest absolute Gasteiger partial charge is 0.493 e. The van der Waals surface area contributed by atoms with Crippen LogP contribution in [0, 0.1) is 0 Å². The standard InChI is InChI=1S/C17H18N2O/c18-15-6-5-12-8-19(9-13(12)7-15)10-14-11-20-17-4-2-1-3-16(14)17/h1-7,14H,8-11,18H2. The summed E-state index contributed by atoms with van der Waals surface area (Å²) >= 11 is 0.